The number of amides is 2. The van der Waals surface area contributed by atoms with Crippen LogP contribution < -0.4 is 10.6 Å². The summed E-state index contributed by atoms with van der Waals surface area (Å²) in [5, 5.41) is 5.23. The van der Waals surface area contributed by atoms with Crippen LogP contribution in [0.15, 0.2) is 0 Å². The Kier molecular flexibility index (Phi) is 8.52. The maximum atomic E-state index is 11.8. The zero-order chi connectivity index (χ0) is 17.3. The lowest BCUT2D eigenvalue weighted by Gasteiger charge is -2.25. The van der Waals surface area contributed by atoms with Gasteiger partial charge in [-0.2, -0.15) is 0 Å². The molecule has 0 aromatic rings. The molecule has 0 aromatic heterocycles. The molecule has 2 N–H and O–H groups in total. The van der Waals surface area contributed by atoms with Crippen LogP contribution in [0.4, 0.5) is 4.79 Å². The van der Waals surface area contributed by atoms with Crippen LogP contribution in [0.3, 0.4) is 0 Å². The molecular formula is C15H28N2O5. The highest BCUT2D eigenvalue weighted by Crippen LogP contribution is 2.11. The Labute approximate surface area is 132 Å². The van der Waals surface area contributed by atoms with Gasteiger partial charge in [-0.1, -0.05) is 13.8 Å². The quantitative estimate of drug-likeness (QED) is 0.696. The second kappa shape index (κ2) is 9.27. The van der Waals surface area contributed by atoms with Gasteiger partial charge in [0.25, 0.3) is 0 Å². The van der Waals surface area contributed by atoms with Crippen LogP contribution in [-0.4, -0.2) is 43.3 Å². The Morgan fingerprint density at radius 1 is 1.14 bits per heavy atom. The Morgan fingerprint density at radius 2 is 1.73 bits per heavy atom. The minimum Gasteiger partial charge on any atom is -0.468 e. The van der Waals surface area contributed by atoms with E-state index in [2.05, 4.69) is 15.4 Å². The summed E-state index contributed by atoms with van der Waals surface area (Å²) in [6, 6.07) is -0.182. The molecule has 0 fully saturated rings. The van der Waals surface area contributed by atoms with Gasteiger partial charge in [0.1, 0.15) is 12.1 Å². The van der Waals surface area contributed by atoms with Gasteiger partial charge < -0.3 is 20.1 Å². The van der Waals surface area contributed by atoms with Crippen molar-refractivity contribution in [3.05, 3.63) is 0 Å². The van der Waals surface area contributed by atoms with Gasteiger partial charge >= 0.3 is 12.1 Å². The predicted molar refractivity (Wildman–Crippen MR) is 82.3 cm³/mol. The number of esters is 1. The topological polar surface area (TPSA) is 93.7 Å². The fourth-order valence-electron chi connectivity index (χ4n) is 1.65. The Bertz CT molecular complexity index is 388. The zero-order valence-corrected chi connectivity index (χ0v) is 14.3. The van der Waals surface area contributed by atoms with Gasteiger partial charge in [-0.15, -0.1) is 0 Å². The lowest BCUT2D eigenvalue weighted by Crippen LogP contribution is -2.42. The molecule has 0 aromatic carbocycles. The van der Waals surface area contributed by atoms with E-state index in [9.17, 15) is 14.4 Å². The summed E-state index contributed by atoms with van der Waals surface area (Å²) in [6.45, 7) is 9.12. The highest BCUT2D eigenvalue weighted by molar-refractivity contribution is 5.81. The van der Waals surface area contributed by atoms with Crippen LogP contribution in [0.1, 0.15) is 47.5 Å². The number of nitrogens with one attached hydrogen (secondary N) is 2. The minimum atomic E-state index is -0.566. The third kappa shape index (κ3) is 10.0. The van der Waals surface area contributed by atoms with Crippen molar-refractivity contribution in [3.8, 4) is 0 Å². The number of hydrogen-bond acceptors (Lipinski definition) is 5. The number of carbonyl (C=O) groups is 3. The van der Waals surface area contributed by atoms with E-state index in [0.717, 1.165) is 0 Å². The molecule has 0 saturated carbocycles. The number of hydrogen-bond donors (Lipinski definition) is 2. The van der Waals surface area contributed by atoms with Gasteiger partial charge in [0.05, 0.1) is 7.11 Å². The molecule has 0 aliphatic heterocycles. The SMILES string of the molecule is COC(=O)CNC(=O)CCC(NC(=O)OC(C)(C)C)C(C)C. The largest absolute Gasteiger partial charge is 0.468 e. The Hall–Kier alpha value is -1.79. The van der Waals surface area contributed by atoms with Gasteiger partial charge in [0.2, 0.25) is 5.91 Å². The summed E-state index contributed by atoms with van der Waals surface area (Å²) < 4.78 is 9.64. The number of rotatable bonds is 7. The van der Waals surface area contributed by atoms with Crippen molar-refractivity contribution in [3.63, 3.8) is 0 Å². The third-order valence-electron chi connectivity index (χ3n) is 2.85. The molecule has 2 amide bonds. The summed E-state index contributed by atoms with van der Waals surface area (Å²) in [7, 11) is 1.26. The van der Waals surface area contributed by atoms with E-state index in [4.69, 9.17) is 4.74 Å². The van der Waals surface area contributed by atoms with E-state index >= 15 is 0 Å². The molecule has 7 heteroatoms. The average Bonchev–Trinajstić information content (AvgIpc) is 2.38. The lowest BCUT2D eigenvalue weighted by molar-refractivity contribution is -0.141. The summed E-state index contributed by atoms with van der Waals surface area (Å²) >= 11 is 0. The van der Waals surface area contributed by atoms with E-state index in [-0.39, 0.29) is 30.8 Å². The van der Waals surface area contributed by atoms with Gasteiger partial charge in [0.15, 0.2) is 0 Å². The van der Waals surface area contributed by atoms with Crippen molar-refractivity contribution >= 4 is 18.0 Å². The molecule has 128 valence electrons. The minimum absolute atomic E-state index is 0.152. The highest BCUT2D eigenvalue weighted by atomic mass is 16.6. The Balaban J connectivity index is 4.28. The molecule has 0 aliphatic carbocycles. The summed E-state index contributed by atoms with van der Waals surface area (Å²) in [5.41, 5.74) is -0.566. The van der Waals surface area contributed by atoms with Crippen molar-refractivity contribution in [2.24, 2.45) is 5.92 Å². The smallest absolute Gasteiger partial charge is 0.407 e. The maximum absolute atomic E-state index is 11.8. The van der Waals surface area contributed by atoms with Crippen molar-refractivity contribution in [2.45, 2.75) is 59.1 Å². The standard InChI is InChI=1S/C15H28N2O5/c1-10(2)11(17-14(20)22-15(3,4)5)7-8-12(18)16-9-13(19)21-6/h10-11H,7-9H2,1-6H3,(H,16,18)(H,17,20). The van der Waals surface area contributed by atoms with Crippen molar-refractivity contribution in [2.75, 3.05) is 13.7 Å². The number of methoxy groups -OCH3 is 1. The monoisotopic (exact) mass is 316 g/mol. The normalized spacial score (nSPS) is 12.5. The maximum Gasteiger partial charge on any atom is 0.407 e. The van der Waals surface area contributed by atoms with E-state index < -0.39 is 17.7 Å². The first-order valence-corrected chi connectivity index (χ1v) is 7.38. The number of carbonyl (C=O) groups excluding carboxylic acids is 3. The molecule has 1 unspecified atom stereocenters. The zero-order valence-electron chi connectivity index (χ0n) is 14.3. The van der Waals surface area contributed by atoms with E-state index in [1.54, 1.807) is 20.8 Å². The van der Waals surface area contributed by atoms with Crippen molar-refractivity contribution in [1.82, 2.24) is 10.6 Å². The molecule has 1 atom stereocenters. The summed E-state index contributed by atoms with van der Waals surface area (Å²) in [6.07, 6.45) is 0.167. The van der Waals surface area contributed by atoms with Gasteiger partial charge in [-0.3, -0.25) is 9.59 Å². The fourth-order valence-corrected chi connectivity index (χ4v) is 1.65. The first-order chi connectivity index (χ1) is 10.0. The molecule has 0 aliphatic rings. The average molecular weight is 316 g/mol. The summed E-state index contributed by atoms with van der Waals surface area (Å²) in [4.78, 5) is 34.3. The summed E-state index contributed by atoms with van der Waals surface area (Å²) in [5.74, 6) is -0.608. The molecule has 0 heterocycles. The van der Waals surface area contributed by atoms with Crippen LogP contribution in [-0.2, 0) is 19.1 Å². The third-order valence-corrected chi connectivity index (χ3v) is 2.85. The van der Waals surface area contributed by atoms with E-state index in [1.165, 1.54) is 7.11 Å². The lowest BCUT2D eigenvalue weighted by atomic mass is 9.99. The second-order valence-corrected chi connectivity index (χ2v) is 6.39. The van der Waals surface area contributed by atoms with Crippen molar-refractivity contribution < 1.29 is 23.9 Å². The molecular weight excluding hydrogens is 288 g/mol. The van der Waals surface area contributed by atoms with E-state index in [0.29, 0.717) is 6.42 Å². The van der Waals surface area contributed by atoms with Crippen molar-refractivity contribution in [1.29, 1.82) is 0 Å². The highest BCUT2D eigenvalue weighted by Gasteiger charge is 2.22. The molecule has 0 radical (unpaired) electrons. The van der Waals surface area contributed by atoms with Gasteiger partial charge in [0, 0.05) is 12.5 Å². The van der Waals surface area contributed by atoms with Crippen LogP contribution >= 0.6 is 0 Å². The molecule has 0 bridgehead atoms. The fraction of sp³-hybridized carbons (Fsp3) is 0.800. The predicted octanol–water partition coefficient (Wildman–Crippen LogP) is 1.61. The molecule has 22 heavy (non-hydrogen) atoms. The van der Waals surface area contributed by atoms with Gasteiger partial charge in [-0.25, -0.2) is 4.79 Å². The second-order valence-electron chi connectivity index (χ2n) is 6.39. The molecule has 0 rings (SSSR count). The van der Waals surface area contributed by atoms with Crippen LogP contribution in [0.25, 0.3) is 0 Å². The van der Waals surface area contributed by atoms with Crippen LogP contribution in [0.2, 0.25) is 0 Å². The van der Waals surface area contributed by atoms with Crippen LogP contribution in [0, 0.1) is 5.92 Å². The van der Waals surface area contributed by atoms with Gasteiger partial charge in [-0.05, 0) is 33.1 Å². The van der Waals surface area contributed by atoms with E-state index in [1.807, 2.05) is 13.8 Å². The Morgan fingerprint density at radius 3 is 2.18 bits per heavy atom. The molecule has 7 nitrogen and oxygen atoms in total. The number of ether oxygens (including phenoxy) is 2. The van der Waals surface area contributed by atoms with Crippen LogP contribution in [0.5, 0.6) is 0 Å². The molecule has 0 spiro atoms. The molecule has 0 saturated heterocycles. The number of alkyl carbamates (subject to hydrolysis) is 1. The first kappa shape index (κ1) is 20.2. The first-order valence-electron chi connectivity index (χ1n) is 7.38.